The van der Waals surface area contributed by atoms with Gasteiger partial charge in [0, 0.05) is 42.7 Å². The number of nitrogens with zero attached hydrogens (tertiary/aromatic N) is 1. The molecule has 3 rings (SSSR count). The molecule has 7 heteroatoms. The molecule has 1 aliphatic rings. The lowest BCUT2D eigenvalue weighted by atomic mass is 10.0. The van der Waals surface area contributed by atoms with E-state index >= 15 is 0 Å². The van der Waals surface area contributed by atoms with E-state index in [1.807, 2.05) is 17.5 Å². The fourth-order valence-corrected chi connectivity index (χ4v) is 3.54. The lowest BCUT2D eigenvalue weighted by Crippen LogP contribution is -2.45. The molecule has 1 N–H and O–H groups in total. The largest absolute Gasteiger partial charge is 0.314 e. The van der Waals surface area contributed by atoms with E-state index in [1.165, 1.54) is 11.3 Å². The fraction of sp³-hybridized carbons (Fsp3) is 0.333. The summed E-state index contributed by atoms with van der Waals surface area (Å²) >= 11 is 1.49. The monoisotopic (exact) mass is 348 g/mol. The zero-order valence-electron chi connectivity index (χ0n) is 11.7. The molecule has 1 aromatic heterocycles. The van der Waals surface area contributed by atoms with Gasteiger partial charge in [-0.1, -0.05) is 6.07 Å². The Balaban J connectivity index is 0.00000176. The molecule has 2 aromatic rings. The fourth-order valence-electron chi connectivity index (χ4n) is 2.66. The van der Waals surface area contributed by atoms with E-state index in [0.29, 0.717) is 6.07 Å². The van der Waals surface area contributed by atoms with Gasteiger partial charge in [-0.3, -0.25) is 4.90 Å². The van der Waals surface area contributed by atoms with Crippen LogP contribution < -0.4 is 5.32 Å². The molecule has 2 nitrogen and oxygen atoms in total. The normalized spacial score (nSPS) is 17.0. The van der Waals surface area contributed by atoms with Gasteiger partial charge in [0.1, 0.15) is 5.82 Å². The average molecular weight is 349 g/mol. The summed E-state index contributed by atoms with van der Waals surface area (Å²) in [7, 11) is 0. The Bertz CT molecular complexity index is 616. The van der Waals surface area contributed by atoms with Crippen LogP contribution in [-0.4, -0.2) is 31.1 Å². The molecule has 22 heavy (non-hydrogen) atoms. The number of halogens is 4. The van der Waals surface area contributed by atoms with Crippen molar-refractivity contribution in [1.82, 2.24) is 10.2 Å². The van der Waals surface area contributed by atoms with Crippen LogP contribution in [0.15, 0.2) is 29.6 Å². The van der Waals surface area contributed by atoms with E-state index in [4.69, 9.17) is 0 Å². The van der Waals surface area contributed by atoms with E-state index in [9.17, 15) is 13.2 Å². The third-order valence-electron chi connectivity index (χ3n) is 3.66. The average Bonchev–Trinajstić information content (AvgIpc) is 3.00. The first-order valence-corrected chi connectivity index (χ1v) is 7.67. The van der Waals surface area contributed by atoms with Crippen molar-refractivity contribution < 1.29 is 13.2 Å². The van der Waals surface area contributed by atoms with Crippen molar-refractivity contribution in [1.29, 1.82) is 0 Å². The van der Waals surface area contributed by atoms with Crippen molar-refractivity contribution in [3.05, 3.63) is 57.5 Å². The van der Waals surface area contributed by atoms with E-state index in [0.717, 1.165) is 37.1 Å². The molecule has 0 amide bonds. The number of thiophene rings is 1. The Kier molecular flexibility index (Phi) is 5.86. The van der Waals surface area contributed by atoms with Crippen molar-refractivity contribution in [2.45, 2.75) is 6.04 Å². The molecule has 0 radical (unpaired) electrons. The molecule has 0 aliphatic carbocycles. The number of rotatable bonds is 3. The van der Waals surface area contributed by atoms with Crippen molar-refractivity contribution in [3.8, 4) is 0 Å². The van der Waals surface area contributed by atoms with Crippen molar-refractivity contribution in [3.63, 3.8) is 0 Å². The van der Waals surface area contributed by atoms with Gasteiger partial charge < -0.3 is 5.32 Å². The summed E-state index contributed by atoms with van der Waals surface area (Å²) in [5, 5.41) is 5.14. The highest BCUT2D eigenvalue weighted by Gasteiger charge is 2.28. The Morgan fingerprint density at radius 2 is 1.73 bits per heavy atom. The maximum absolute atomic E-state index is 14.2. The lowest BCUT2D eigenvalue weighted by molar-refractivity contribution is 0.197. The smallest absolute Gasteiger partial charge is 0.161 e. The molecule has 0 saturated carbocycles. The minimum atomic E-state index is -1.15. The van der Waals surface area contributed by atoms with Crippen LogP contribution in [0.25, 0.3) is 0 Å². The van der Waals surface area contributed by atoms with Crippen LogP contribution in [0.5, 0.6) is 0 Å². The highest BCUT2D eigenvalue weighted by atomic mass is 35.5. The van der Waals surface area contributed by atoms with Gasteiger partial charge in [0.15, 0.2) is 11.6 Å². The predicted molar refractivity (Wildman–Crippen MR) is 84.2 cm³/mol. The zero-order chi connectivity index (χ0) is 14.8. The molecule has 120 valence electrons. The van der Waals surface area contributed by atoms with Gasteiger partial charge in [0.2, 0.25) is 0 Å². The molecule has 0 spiro atoms. The first-order valence-electron chi connectivity index (χ1n) is 6.79. The van der Waals surface area contributed by atoms with Crippen LogP contribution in [-0.2, 0) is 0 Å². The first-order chi connectivity index (χ1) is 10.2. The summed E-state index contributed by atoms with van der Waals surface area (Å²) in [5.41, 5.74) is 0.193. The molecule has 1 fully saturated rings. The third-order valence-corrected chi connectivity index (χ3v) is 4.59. The van der Waals surface area contributed by atoms with Crippen LogP contribution >= 0.6 is 23.7 Å². The number of nitrogens with one attached hydrogen (secondary N) is 1. The van der Waals surface area contributed by atoms with E-state index in [-0.39, 0.29) is 24.0 Å². The first kappa shape index (κ1) is 17.3. The second kappa shape index (κ2) is 7.46. The highest BCUT2D eigenvalue weighted by molar-refractivity contribution is 7.10. The predicted octanol–water partition coefficient (Wildman–Crippen LogP) is 3.58. The summed E-state index contributed by atoms with van der Waals surface area (Å²) in [5.74, 6) is -2.87. The molecule has 1 aliphatic heterocycles. The topological polar surface area (TPSA) is 15.3 Å². The van der Waals surface area contributed by atoms with Crippen LogP contribution in [0.2, 0.25) is 0 Å². The zero-order valence-corrected chi connectivity index (χ0v) is 13.3. The van der Waals surface area contributed by atoms with E-state index < -0.39 is 17.5 Å². The van der Waals surface area contributed by atoms with Crippen molar-refractivity contribution >= 4 is 23.7 Å². The summed E-state index contributed by atoms with van der Waals surface area (Å²) in [4.78, 5) is 3.03. The van der Waals surface area contributed by atoms with Crippen molar-refractivity contribution in [2.24, 2.45) is 0 Å². The van der Waals surface area contributed by atoms with Gasteiger partial charge in [0.25, 0.3) is 0 Å². The lowest BCUT2D eigenvalue weighted by Gasteiger charge is -2.34. The molecule has 1 aromatic carbocycles. The Hall–Kier alpha value is -1.08. The highest BCUT2D eigenvalue weighted by Crippen LogP contribution is 2.34. The summed E-state index contributed by atoms with van der Waals surface area (Å²) in [6.07, 6.45) is 0. The Labute approximate surface area is 137 Å². The number of hydrogen-bond donors (Lipinski definition) is 1. The molecular formula is C15H16ClF3N2S. The summed E-state index contributed by atoms with van der Waals surface area (Å²) < 4.78 is 40.9. The van der Waals surface area contributed by atoms with E-state index in [2.05, 4.69) is 10.2 Å². The molecule has 0 unspecified atom stereocenters. The molecular weight excluding hydrogens is 333 g/mol. The van der Waals surface area contributed by atoms with Crippen LogP contribution in [0.4, 0.5) is 13.2 Å². The van der Waals surface area contributed by atoms with Gasteiger partial charge in [-0.25, -0.2) is 13.2 Å². The van der Waals surface area contributed by atoms with E-state index in [1.54, 1.807) is 0 Å². The maximum Gasteiger partial charge on any atom is 0.161 e. The number of hydrogen-bond acceptors (Lipinski definition) is 3. The molecule has 2 heterocycles. The van der Waals surface area contributed by atoms with Gasteiger partial charge in [-0.2, -0.15) is 0 Å². The Morgan fingerprint density at radius 3 is 2.36 bits per heavy atom. The third kappa shape index (κ3) is 3.46. The number of piperazine rings is 1. The van der Waals surface area contributed by atoms with Gasteiger partial charge in [-0.15, -0.1) is 23.7 Å². The Morgan fingerprint density at radius 1 is 1.05 bits per heavy atom. The van der Waals surface area contributed by atoms with Gasteiger partial charge in [0.05, 0.1) is 6.04 Å². The minimum Gasteiger partial charge on any atom is -0.314 e. The van der Waals surface area contributed by atoms with Crippen LogP contribution in [0.1, 0.15) is 16.5 Å². The maximum atomic E-state index is 14.2. The standard InChI is InChI=1S/C15H15F3N2S.ClH/c16-11-9-13(18)12(17)8-10(11)15(14-2-1-7-21-14)20-5-3-19-4-6-20;/h1-2,7-9,15,19H,3-6H2;1H/t15-;/m1./s1. The SMILES string of the molecule is Cl.Fc1cc(F)c([C@H](c2cccs2)N2CCNCC2)cc1F. The van der Waals surface area contributed by atoms with Gasteiger partial charge in [-0.05, 0) is 17.5 Å². The molecule has 1 saturated heterocycles. The quantitative estimate of drug-likeness (QED) is 0.853. The second-order valence-corrected chi connectivity index (χ2v) is 5.97. The minimum absolute atomic E-state index is 0. The van der Waals surface area contributed by atoms with Gasteiger partial charge >= 0.3 is 0 Å². The van der Waals surface area contributed by atoms with Crippen molar-refractivity contribution in [2.75, 3.05) is 26.2 Å². The van der Waals surface area contributed by atoms with Crippen LogP contribution in [0.3, 0.4) is 0 Å². The molecule has 0 bridgehead atoms. The van der Waals surface area contributed by atoms with Crippen LogP contribution in [0, 0.1) is 17.5 Å². The summed E-state index contributed by atoms with van der Waals surface area (Å²) in [6, 6.07) is 5.03. The summed E-state index contributed by atoms with van der Waals surface area (Å²) in [6.45, 7) is 3.07. The molecule has 1 atom stereocenters. The number of benzene rings is 1. The second-order valence-electron chi connectivity index (χ2n) is 4.99.